The van der Waals surface area contributed by atoms with Gasteiger partial charge in [-0.1, -0.05) is 12.1 Å². The lowest BCUT2D eigenvalue weighted by molar-refractivity contribution is -0.117. The van der Waals surface area contributed by atoms with Gasteiger partial charge in [0.25, 0.3) is 0 Å². The number of carbonyl (C=O) groups excluding carboxylic acids is 1. The van der Waals surface area contributed by atoms with E-state index in [9.17, 15) is 9.18 Å². The van der Waals surface area contributed by atoms with Crippen LogP contribution in [0.2, 0.25) is 0 Å². The molecule has 4 aromatic heterocycles. The maximum atomic E-state index is 14.7. The average Bonchev–Trinajstić information content (AvgIpc) is 3.69. The number of ether oxygens (including phenoxy) is 1. The third-order valence-corrected chi connectivity index (χ3v) is 8.61. The minimum Gasteiger partial charge on any atom is -0.492 e. The fourth-order valence-electron chi connectivity index (χ4n) is 6.17. The molecule has 6 aromatic rings. The summed E-state index contributed by atoms with van der Waals surface area (Å²) in [6.45, 7) is 3.11. The Labute approximate surface area is 271 Å². The van der Waals surface area contributed by atoms with E-state index in [4.69, 9.17) is 4.74 Å². The molecule has 2 aromatic carbocycles. The van der Waals surface area contributed by atoms with E-state index >= 15 is 0 Å². The molecule has 4 N–H and O–H groups in total. The Morgan fingerprint density at radius 2 is 1.85 bits per heavy atom. The molecule has 1 aliphatic heterocycles. The monoisotopic (exact) mass is 632 g/mol. The smallest absolute Gasteiger partial charge is 0.224 e. The molecule has 1 aliphatic rings. The Kier molecular flexibility index (Phi) is 8.64. The van der Waals surface area contributed by atoms with Crippen molar-refractivity contribution in [2.75, 3.05) is 45.7 Å². The summed E-state index contributed by atoms with van der Waals surface area (Å²) in [5.41, 5.74) is 7.00. The van der Waals surface area contributed by atoms with Crippen LogP contribution in [0.3, 0.4) is 0 Å². The summed E-state index contributed by atoms with van der Waals surface area (Å²) in [5.74, 6) is 0.544. The van der Waals surface area contributed by atoms with Crippen molar-refractivity contribution in [2.24, 2.45) is 5.92 Å². The molecule has 5 heterocycles. The molecule has 1 amide bonds. The van der Waals surface area contributed by atoms with Crippen molar-refractivity contribution < 1.29 is 13.9 Å². The van der Waals surface area contributed by atoms with Crippen LogP contribution in [0.15, 0.2) is 73.2 Å². The number of carbonyl (C=O) groups is 1. The molecule has 1 saturated heterocycles. The molecular formula is C36H37FN8O2. The topological polar surface area (TPSA) is 124 Å². The lowest BCUT2D eigenvalue weighted by atomic mass is 9.94. The number of pyridine rings is 2. The first kappa shape index (κ1) is 30.5. The number of aromatic amines is 2. The average molecular weight is 633 g/mol. The van der Waals surface area contributed by atoms with Crippen LogP contribution in [0.25, 0.3) is 55.6 Å². The number of H-pyrrole nitrogens is 2. The number of nitrogens with zero attached hydrogens (tertiary/aromatic N) is 4. The molecular weight excluding hydrogens is 595 g/mol. The molecule has 1 fully saturated rings. The molecule has 0 aliphatic carbocycles. The Bertz CT molecular complexity index is 2050. The Balaban J connectivity index is 1.16. The fraction of sp³-hybridized carbons (Fsp3) is 0.278. The summed E-state index contributed by atoms with van der Waals surface area (Å²) in [6.07, 6.45) is 7.74. The quantitative estimate of drug-likeness (QED) is 0.141. The van der Waals surface area contributed by atoms with Gasteiger partial charge in [-0.15, -0.1) is 0 Å². The number of fused-ring (bicyclic) bond motifs is 2. The second-order valence-corrected chi connectivity index (χ2v) is 12.4. The van der Waals surface area contributed by atoms with Crippen LogP contribution in [0.5, 0.6) is 5.75 Å². The Morgan fingerprint density at radius 1 is 1.00 bits per heavy atom. The zero-order valence-corrected chi connectivity index (χ0v) is 26.4. The van der Waals surface area contributed by atoms with Gasteiger partial charge < -0.3 is 25.3 Å². The number of anilines is 1. The zero-order valence-electron chi connectivity index (χ0n) is 26.4. The SMILES string of the molecule is CN(C)CCOc1cc(F)cc(-c2cccc3[nH]c(-c4n[nH]c5ncc(-c6cncc(NC(=O)CC7CCNCC7)c6)cc45)cc23)c1. The van der Waals surface area contributed by atoms with Crippen LogP contribution in [0.1, 0.15) is 19.3 Å². The van der Waals surface area contributed by atoms with Crippen LogP contribution in [-0.4, -0.2) is 76.3 Å². The number of nitrogens with one attached hydrogen (secondary N) is 4. The van der Waals surface area contributed by atoms with Crippen molar-refractivity contribution in [2.45, 2.75) is 19.3 Å². The van der Waals surface area contributed by atoms with Gasteiger partial charge in [-0.2, -0.15) is 5.10 Å². The van der Waals surface area contributed by atoms with Gasteiger partial charge in [0.05, 0.1) is 17.6 Å². The molecule has 0 saturated carbocycles. The van der Waals surface area contributed by atoms with E-state index in [1.54, 1.807) is 18.6 Å². The van der Waals surface area contributed by atoms with Crippen molar-refractivity contribution in [1.82, 2.24) is 35.4 Å². The summed E-state index contributed by atoms with van der Waals surface area (Å²) in [4.78, 5) is 27.3. The Morgan fingerprint density at radius 3 is 2.70 bits per heavy atom. The van der Waals surface area contributed by atoms with Crippen molar-refractivity contribution in [1.29, 1.82) is 0 Å². The number of benzene rings is 2. The first-order chi connectivity index (χ1) is 22.9. The first-order valence-electron chi connectivity index (χ1n) is 15.9. The summed E-state index contributed by atoms with van der Waals surface area (Å²) >= 11 is 0. The van der Waals surface area contributed by atoms with Gasteiger partial charge in [0.15, 0.2) is 5.65 Å². The molecule has 240 valence electrons. The number of halogens is 1. The first-order valence-corrected chi connectivity index (χ1v) is 15.9. The third kappa shape index (κ3) is 6.86. The van der Waals surface area contributed by atoms with Gasteiger partial charge in [-0.3, -0.25) is 14.9 Å². The lowest BCUT2D eigenvalue weighted by Gasteiger charge is -2.21. The van der Waals surface area contributed by atoms with Gasteiger partial charge in [0.1, 0.15) is 23.9 Å². The number of hydrogen-bond acceptors (Lipinski definition) is 7. The highest BCUT2D eigenvalue weighted by atomic mass is 19.1. The van der Waals surface area contributed by atoms with Crippen molar-refractivity contribution >= 4 is 33.5 Å². The van der Waals surface area contributed by atoms with Crippen LogP contribution in [-0.2, 0) is 4.79 Å². The van der Waals surface area contributed by atoms with E-state index in [0.29, 0.717) is 41.7 Å². The van der Waals surface area contributed by atoms with Gasteiger partial charge in [-0.05, 0) is 93.5 Å². The number of likely N-dealkylation sites (N-methyl/N-ethyl adjacent to an activating group) is 1. The van der Waals surface area contributed by atoms with Crippen molar-refractivity contribution in [3.63, 3.8) is 0 Å². The van der Waals surface area contributed by atoms with Crippen molar-refractivity contribution in [3.8, 4) is 39.4 Å². The molecule has 11 heteroatoms. The molecule has 7 rings (SSSR count). The van der Waals surface area contributed by atoms with E-state index < -0.39 is 0 Å². The van der Waals surface area contributed by atoms with E-state index in [1.807, 2.05) is 61.5 Å². The maximum absolute atomic E-state index is 14.7. The van der Waals surface area contributed by atoms with Gasteiger partial charge >= 0.3 is 0 Å². The summed E-state index contributed by atoms with van der Waals surface area (Å²) in [7, 11) is 3.94. The highest BCUT2D eigenvalue weighted by molar-refractivity contribution is 6.01. The molecule has 10 nitrogen and oxygen atoms in total. The van der Waals surface area contributed by atoms with E-state index in [-0.39, 0.29) is 11.7 Å². The fourth-order valence-corrected chi connectivity index (χ4v) is 6.17. The van der Waals surface area contributed by atoms with Crippen LogP contribution in [0, 0.1) is 11.7 Å². The molecule has 0 bridgehead atoms. The number of aromatic nitrogens is 5. The van der Waals surface area contributed by atoms with Gasteiger partial charge in [-0.25, -0.2) is 9.37 Å². The second-order valence-electron chi connectivity index (χ2n) is 12.4. The maximum Gasteiger partial charge on any atom is 0.224 e. The Hall–Kier alpha value is -5.13. The summed E-state index contributed by atoms with van der Waals surface area (Å²) < 4.78 is 20.6. The van der Waals surface area contributed by atoms with E-state index in [2.05, 4.69) is 35.8 Å². The van der Waals surface area contributed by atoms with E-state index in [0.717, 1.165) is 76.7 Å². The molecule has 47 heavy (non-hydrogen) atoms. The predicted octanol–water partition coefficient (Wildman–Crippen LogP) is 6.24. The molecule has 0 spiro atoms. The largest absolute Gasteiger partial charge is 0.492 e. The minimum absolute atomic E-state index is 0.00560. The predicted molar refractivity (Wildman–Crippen MR) is 183 cm³/mol. The van der Waals surface area contributed by atoms with Gasteiger partial charge in [0.2, 0.25) is 5.91 Å². The highest BCUT2D eigenvalue weighted by Gasteiger charge is 2.18. The molecule has 0 atom stereocenters. The number of hydrogen-bond donors (Lipinski definition) is 4. The van der Waals surface area contributed by atoms with Crippen LogP contribution < -0.4 is 15.4 Å². The third-order valence-electron chi connectivity index (χ3n) is 8.61. The minimum atomic E-state index is -0.355. The lowest BCUT2D eigenvalue weighted by Crippen LogP contribution is -2.30. The second kappa shape index (κ2) is 13.3. The summed E-state index contributed by atoms with van der Waals surface area (Å²) in [5, 5.41) is 15.8. The van der Waals surface area contributed by atoms with Gasteiger partial charge in [0, 0.05) is 58.8 Å². The van der Waals surface area contributed by atoms with Crippen LogP contribution in [0.4, 0.5) is 10.1 Å². The molecule has 0 unspecified atom stereocenters. The van der Waals surface area contributed by atoms with Crippen molar-refractivity contribution in [3.05, 3.63) is 79.0 Å². The normalized spacial score (nSPS) is 13.9. The highest BCUT2D eigenvalue weighted by Crippen LogP contribution is 2.36. The standard InChI is InChI=1S/C36H37FN8O2/c1-45(2)10-11-47-28-15-23(13-26(37)17-28)29-4-3-5-32-30(29)18-33(42-32)35-31-16-25(20-40-36(31)44-43-35)24-14-27(21-39-19-24)41-34(46)12-22-6-8-38-9-7-22/h3-5,13-22,38,42H,6-12H2,1-2H3,(H,41,46)(H,40,43,44). The van der Waals surface area contributed by atoms with Crippen LogP contribution >= 0.6 is 0 Å². The zero-order chi connectivity index (χ0) is 32.3. The summed E-state index contributed by atoms with van der Waals surface area (Å²) in [6, 6.07) is 16.7. The number of amides is 1. The number of piperidine rings is 1. The molecule has 0 radical (unpaired) electrons. The number of rotatable bonds is 10. The van der Waals surface area contributed by atoms with E-state index in [1.165, 1.54) is 12.1 Å².